The van der Waals surface area contributed by atoms with E-state index in [1.165, 1.54) is 0 Å². The van der Waals surface area contributed by atoms with Crippen LogP contribution in [0.2, 0.25) is 0 Å². The van der Waals surface area contributed by atoms with Crippen molar-refractivity contribution in [2.24, 2.45) is 11.7 Å². The van der Waals surface area contributed by atoms with Gasteiger partial charge in [-0.25, -0.2) is 0 Å². The number of amides is 1. The highest BCUT2D eigenvalue weighted by atomic mass is 79.9. The molecule has 112 valence electrons. The first-order valence-corrected chi connectivity index (χ1v) is 8.03. The Morgan fingerprint density at radius 3 is 2.30 bits per heavy atom. The van der Waals surface area contributed by atoms with Gasteiger partial charge in [-0.15, -0.1) is 0 Å². The molecule has 0 aliphatic rings. The van der Waals surface area contributed by atoms with Crippen LogP contribution in [0.5, 0.6) is 5.75 Å². The number of carbonyl (C=O) groups is 1. The van der Waals surface area contributed by atoms with E-state index in [2.05, 4.69) is 51.0 Å². The fourth-order valence-corrected chi connectivity index (χ4v) is 2.97. The Kier molecular flexibility index (Phi) is 6.99. The van der Waals surface area contributed by atoms with Gasteiger partial charge in [-0.2, -0.15) is 0 Å². The van der Waals surface area contributed by atoms with E-state index in [0.29, 0.717) is 11.8 Å². The number of primary amides is 1. The molecule has 3 N–H and O–H groups in total. The molecule has 1 amide bonds. The van der Waals surface area contributed by atoms with E-state index in [1.807, 2.05) is 12.1 Å². The van der Waals surface area contributed by atoms with Gasteiger partial charge < -0.3 is 15.8 Å². The Bertz CT molecular complexity index is 455. The SMILES string of the molecule is CC(C)NCc1cc(Br)c(OCC(C)C(N)=O)c(Br)c1. The number of hydrogen-bond acceptors (Lipinski definition) is 3. The molecule has 0 saturated heterocycles. The molecule has 0 aliphatic carbocycles. The highest BCUT2D eigenvalue weighted by Crippen LogP contribution is 2.35. The van der Waals surface area contributed by atoms with Gasteiger partial charge in [-0.05, 0) is 49.6 Å². The van der Waals surface area contributed by atoms with Gasteiger partial charge in [0.15, 0.2) is 0 Å². The number of halogens is 2. The molecule has 4 nitrogen and oxygen atoms in total. The van der Waals surface area contributed by atoms with Crippen LogP contribution in [-0.2, 0) is 11.3 Å². The Morgan fingerprint density at radius 2 is 1.85 bits per heavy atom. The largest absolute Gasteiger partial charge is 0.490 e. The van der Waals surface area contributed by atoms with Crippen LogP contribution in [0.15, 0.2) is 21.1 Å². The van der Waals surface area contributed by atoms with E-state index in [1.54, 1.807) is 6.92 Å². The summed E-state index contributed by atoms with van der Waals surface area (Å²) >= 11 is 6.99. The van der Waals surface area contributed by atoms with Crippen molar-refractivity contribution in [2.45, 2.75) is 33.4 Å². The second-order valence-corrected chi connectivity index (χ2v) is 6.75. The summed E-state index contributed by atoms with van der Waals surface area (Å²) in [5, 5.41) is 3.36. The third-order valence-electron chi connectivity index (χ3n) is 2.74. The van der Waals surface area contributed by atoms with E-state index >= 15 is 0 Å². The van der Waals surface area contributed by atoms with Crippen LogP contribution in [0, 0.1) is 5.92 Å². The van der Waals surface area contributed by atoms with Crippen molar-refractivity contribution < 1.29 is 9.53 Å². The summed E-state index contributed by atoms with van der Waals surface area (Å²) in [5.41, 5.74) is 6.36. The third kappa shape index (κ3) is 5.42. The van der Waals surface area contributed by atoms with Crippen LogP contribution >= 0.6 is 31.9 Å². The maximum absolute atomic E-state index is 11.0. The minimum absolute atomic E-state index is 0.260. The van der Waals surface area contributed by atoms with Crippen molar-refractivity contribution in [1.29, 1.82) is 0 Å². The number of nitrogens with two attached hydrogens (primary N) is 1. The summed E-state index contributed by atoms with van der Waals surface area (Å²) in [5.74, 6) is -0.00233. The van der Waals surface area contributed by atoms with Crippen LogP contribution < -0.4 is 15.8 Å². The lowest BCUT2D eigenvalue weighted by molar-refractivity contribution is -0.122. The third-order valence-corrected chi connectivity index (χ3v) is 3.91. The lowest BCUT2D eigenvalue weighted by Crippen LogP contribution is -2.26. The monoisotopic (exact) mass is 406 g/mol. The van der Waals surface area contributed by atoms with Crippen LogP contribution in [-0.4, -0.2) is 18.6 Å². The van der Waals surface area contributed by atoms with Crippen molar-refractivity contribution in [3.8, 4) is 5.75 Å². The van der Waals surface area contributed by atoms with E-state index in [0.717, 1.165) is 21.1 Å². The second kappa shape index (κ2) is 8.00. The summed E-state index contributed by atoms with van der Waals surface area (Å²) in [6.07, 6.45) is 0. The van der Waals surface area contributed by atoms with E-state index in [9.17, 15) is 4.79 Å². The topological polar surface area (TPSA) is 64.3 Å². The Morgan fingerprint density at radius 1 is 1.30 bits per heavy atom. The molecule has 0 aromatic heterocycles. The molecular weight excluding hydrogens is 388 g/mol. The Balaban J connectivity index is 2.76. The summed E-state index contributed by atoms with van der Waals surface area (Å²) in [6, 6.07) is 4.44. The Hall–Kier alpha value is -0.590. The highest BCUT2D eigenvalue weighted by molar-refractivity contribution is 9.11. The molecule has 1 rings (SSSR count). The maximum atomic E-state index is 11.0. The van der Waals surface area contributed by atoms with Gasteiger partial charge in [0.1, 0.15) is 5.75 Å². The van der Waals surface area contributed by atoms with Gasteiger partial charge in [0, 0.05) is 12.6 Å². The molecule has 1 atom stereocenters. The van der Waals surface area contributed by atoms with E-state index in [-0.39, 0.29) is 18.4 Å². The van der Waals surface area contributed by atoms with Gasteiger partial charge in [-0.1, -0.05) is 20.8 Å². The quantitative estimate of drug-likeness (QED) is 0.729. The molecule has 6 heteroatoms. The van der Waals surface area contributed by atoms with Crippen LogP contribution in [0.4, 0.5) is 0 Å². The fraction of sp³-hybridized carbons (Fsp3) is 0.500. The molecular formula is C14H20Br2N2O2. The van der Waals surface area contributed by atoms with Crippen molar-refractivity contribution in [2.75, 3.05) is 6.61 Å². The number of benzene rings is 1. The predicted octanol–water partition coefficient (Wildman–Crippen LogP) is 3.21. The van der Waals surface area contributed by atoms with Crippen molar-refractivity contribution in [3.63, 3.8) is 0 Å². The van der Waals surface area contributed by atoms with Crippen LogP contribution in [0.25, 0.3) is 0 Å². The number of carbonyl (C=O) groups excluding carboxylic acids is 1. The van der Waals surface area contributed by atoms with Crippen LogP contribution in [0.3, 0.4) is 0 Å². The van der Waals surface area contributed by atoms with Crippen molar-refractivity contribution >= 4 is 37.8 Å². The Labute approximate surface area is 136 Å². The minimum Gasteiger partial charge on any atom is -0.490 e. The number of nitrogens with one attached hydrogen (secondary N) is 1. The fourth-order valence-electron chi connectivity index (χ4n) is 1.46. The summed E-state index contributed by atoms with van der Waals surface area (Å²) in [4.78, 5) is 11.0. The molecule has 1 aromatic carbocycles. The van der Waals surface area contributed by atoms with Crippen molar-refractivity contribution in [1.82, 2.24) is 5.32 Å². The molecule has 0 saturated carbocycles. The predicted molar refractivity (Wildman–Crippen MR) is 87.7 cm³/mol. The average Bonchev–Trinajstić information content (AvgIpc) is 2.34. The standard InChI is InChI=1S/C14H20Br2N2O2/c1-8(2)18-6-10-4-11(15)13(12(16)5-10)20-7-9(3)14(17)19/h4-5,8-9,18H,6-7H2,1-3H3,(H2,17,19). The number of hydrogen-bond donors (Lipinski definition) is 2. The molecule has 0 bridgehead atoms. The first-order chi connectivity index (χ1) is 9.31. The van der Waals surface area contributed by atoms with Gasteiger partial charge in [-0.3, -0.25) is 4.79 Å². The minimum atomic E-state index is -0.366. The molecule has 1 unspecified atom stereocenters. The molecule has 20 heavy (non-hydrogen) atoms. The zero-order valence-electron chi connectivity index (χ0n) is 11.9. The van der Waals surface area contributed by atoms with Gasteiger partial charge in [0.05, 0.1) is 21.5 Å². The van der Waals surface area contributed by atoms with E-state index < -0.39 is 0 Å². The second-order valence-electron chi connectivity index (χ2n) is 5.04. The van der Waals surface area contributed by atoms with Crippen LogP contribution in [0.1, 0.15) is 26.3 Å². The summed E-state index contributed by atoms with van der Waals surface area (Å²) in [6.45, 7) is 6.99. The molecule has 0 fully saturated rings. The molecule has 0 spiro atoms. The zero-order valence-corrected chi connectivity index (χ0v) is 15.0. The molecule has 1 aromatic rings. The zero-order chi connectivity index (χ0) is 15.3. The normalized spacial score (nSPS) is 12.5. The van der Waals surface area contributed by atoms with Gasteiger partial charge in [0.2, 0.25) is 5.91 Å². The highest BCUT2D eigenvalue weighted by Gasteiger charge is 2.13. The molecule has 0 heterocycles. The number of rotatable bonds is 7. The van der Waals surface area contributed by atoms with Gasteiger partial charge >= 0.3 is 0 Å². The summed E-state index contributed by atoms with van der Waals surface area (Å²) < 4.78 is 7.36. The summed E-state index contributed by atoms with van der Waals surface area (Å²) in [7, 11) is 0. The first-order valence-electron chi connectivity index (χ1n) is 6.44. The van der Waals surface area contributed by atoms with Crippen molar-refractivity contribution in [3.05, 3.63) is 26.6 Å². The molecule has 0 aliphatic heterocycles. The smallest absolute Gasteiger partial charge is 0.223 e. The van der Waals surface area contributed by atoms with E-state index in [4.69, 9.17) is 10.5 Å². The average molecular weight is 408 g/mol. The maximum Gasteiger partial charge on any atom is 0.223 e. The first kappa shape index (κ1) is 17.5. The van der Waals surface area contributed by atoms with Gasteiger partial charge in [0.25, 0.3) is 0 Å². The molecule has 0 radical (unpaired) electrons. The lowest BCUT2D eigenvalue weighted by Gasteiger charge is -2.15. The lowest BCUT2D eigenvalue weighted by atomic mass is 10.2. The number of ether oxygens (including phenoxy) is 1.